The van der Waals surface area contributed by atoms with Crippen LogP contribution in [0.3, 0.4) is 0 Å². The van der Waals surface area contributed by atoms with Crippen LogP contribution in [0.1, 0.15) is 81.1 Å². The summed E-state index contributed by atoms with van der Waals surface area (Å²) < 4.78 is 13.8. The van der Waals surface area contributed by atoms with Gasteiger partial charge in [0.25, 0.3) is 5.91 Å². The average molecular weight is 567 g/mol. The molecule has 1 fully saturated rings. The summed E-state index contributed by atoms with van der Waals surface area (Å²) in [5, 5.41) is 9.02. The lowest BCUT2D eigenvalue weighted by Gasteiger charge is -2.26. The Balaban J connectivity index is 1.57. The summed E-state index contributed by atoms with van der Waals surface area (Å²) in [5.41, 5.74) is 3.67. The van der Waals surface area contributed by atoms with Gasteiger partial charge in [-0.3, -0.25) is 4.79 Å². The van der Waals surface area contributed by atoms with Gasteiger partial charge in [0.2, 0.25) is 5.95 Å². The molecule has 1 atom stereocenters. The molecule has 0 radical (unpaired) electrons. The van der Waals surface area contributed by atoms with Crippen LogP contribution in [-0.2, 0) is 24.1 Å². The zero-order chi connectivity index (χ0) is 28.3. The van der Waals surface area contributed by atoms with Crippen LogP contribution in [0.4, 0.5) is 5.95 Å². The summed E-state index contributed by atoms with van der Waals surface area (Å²) in [6.07, 6.45) is 9.11. The number of hydrogen-bond donors (Lipinski definition) is 2. The van der Waals surface area contributed by atoms with Crippen molar-refractivity contribution < 1.29 is 9.00 Å². The number of benzene rings is 2. The number of carbonyl (C=O) groups excluding carboxylic acids is 1. The van der Waals surface area contributed by atoms with E-state index in [4.69, 9.17) is 10.1 Å². The van der Waals surface area contributed by atoms with E-state index in [9.17, 15) is 9.00 Å². The lowest BCUT2D eigenvalue weighted by molar-refractivity contribution is 0.0751. The van der Waals surface area contributed by atoms with Crippen LogP contribution in [0.5, 0.6) is 0 Å². The molecule has 0 spiro atoms. The number of nitrogens with zero attached hydrogens (tertiary/aromatic N) is 4. The Bertz CT molecular complexity index is 1240. The first kappa shape index (κ1) is 30.2. The minimum absolute atomic E-state index is 0.108. The number of aromatic nitrogens is 2. The number of fused-ring (bicyclic) bond motifs is 1. The van der Waals surface area contributed by atoms with E-state index in [1.54, 1.807) is 12.1 Å². The zero-order valence-electron chi connectivity index (χ0n) is 24.2. The van der Waals surface area contributed by atoms with Gasteiger partial charge in [-0.2, -0.15) is 0 Å². The van der Waals surface area contributed by atoms with Crippen molar-refractivity contribution in [3.63, 3.8) is 0 Å². The second-order valence-corrected chi connectivity index (χ2v) is 11.9. The van der Waals surface area contributed by atoms with Crippen LogP contribution in [0.25, 0.3) is 11.0 Å². The average Bonchev–Trinajstić information content (AvgIpc) is 3.33. The van der Waals surface area contributed by atoms with Gasteiger partial charge in [0.05, 0.1) is 15.9 Å². The minimum Gasteiger partial charge on any atom is -0.352 e. The Labute approximate surface area is 241 Å². The lowest BCUT2D eigenvalue weighted by atomic mass is 10.1. The predicted octanol–water partition coefficient (Wildman–Crippen LogP) is 5.55. The Kier molecular flexibility index (Phi) is 11.6. The number of carbonyl (C=O) groups is 1. The maximum Gasteiger partial charge on any atom is 0.253 e. The number of amides is 1. The molecule has 4 rings (SSSR count). The van der Waals surface area contributed by atoms with Crippen LogP contribution in [0.2, 0.25) is 0 Å². The highest BCUT2D eigenvalue weighted by molar-refractivity contribution is 7.82. The highest BCUT2D eigenvalue weighted by Crippen LogP contribution is 2.24. The summed E-state index contributed by atoms with van der Waals surface area (Å²) >= 11 is 0. The number of nitrogens with two attached hydrogens (primary N) is 1. The molecule has 2 heterocycles. The van der Waals surface area contributed by atoms with Crippen LogP contribution in [0, 0.1) is 0 Å². The number of anilines is 1. The number of piperidine rings is 1. The molecule has 0 aliphatic carbocycles. The summed E-state index contributed by atoms with van der Waals surface area (Å²) in [6.45, 7) is 10.8. The Morgan fingerprint density at radius 3 is 2.33 bits per heavy atom. The van der Waals surface area contributed by atoms with Crippen molar-refractivity contribution in [1.82, 2.24) is 19.4 Å². The first-order valence-corrected chi connectivity index (χ1v) is 16.2. The molecular weight excluding hydrogens is 520 g/mol. The number of aryl methyl sites for hydroxylation is 1. The first-order valence-electron chi connectivity index (χ1n) is 15.0. The van der Waals surface area contributed by atoms with Crippen LogP contribution < -0.4 is 10.5 Å². The van der Waals surface area contributed by atoms with Crippen LogP contribution in [-0.4, -0.2) is 62.2 Å². The van der Waals surface area contributed by atoms with Crippen molar-refractivity contribution >= 4 is 33.9 Å². The van der Waals surface area contributed by atoms with Gasteiger partial charge in [0.1, 0.15) is 11.0 Å². The maximum atomic E-state index is 13.6. The van der Waals surface area contributed by atoms with E-state index >= 15 is 0 Å². The van der Waals surface area contributed by atoms with E-state index in [-0.39, 0.29) is 5.91 Å². The quantitative estimate of drug-likeness (QED) is 0.252. The molecular formula is C31H46N6O2S. The van der Waals surface area contributed by atoms with Gasteiger partial charge in [-0.25, -0.2) is 14.3 Å². The summed E-state index contributed by atoms with van der Waals surface area (Å²) in [4.78, 5) is 23.7. The molecule has 0 bridgehead atoms. The van der Waals surface area contributed by atoms with Crippen molar-refractivity contribution in [1.29, 1.82) is 0 Å². The first-order chi connectivity index (χ1) is 19.5. The number of likely N-dealkylation sites (tertiary alicyclic amines) is 1. The van der Waals surface area contributed by atoms with Gasteiger partial charge in [-0.1, -0.05) is 45.2 Å². The fourth-order valence-electron chi connectivity index (χ4n) is 5.37. The third-order valence-corrected chi connectivity index (χ3v) is 8.49. The molecule has 1 aliphatic heterocycles. The highest BCUT2D eigenvalue weighted by atomic mass is 32.2. The smallest absolute Gasteiger partial charge is 0.253 e. The van der Waals surface area contributed by atoms with Gasteiger partial charge >= 0.3 is 0 Å². The van der Waals surface area contributed by atoms with Gasteiger partial charge in [-0.15, -0.1) is 0 Å². The molecule has 40 heavy (non-hydrogen) atoms. The van der Waals surface area contributed by atoms with Gasteiger partial charge in [0.15, 0.2) is 0 Å². The Hall–Kier alpha value is -2.75. The fraction of sp³-hybridized carbons (Fsp3) is 0.548. The zero-order valence-corrected chi connectivity index (χ0v) is 25.1. The molecule has 9 heteroatoms. The normalized spacial score (nSPS) is 14.9. The van der Waals surface area contributed by atoms with Gasteiger partial charge in [0, 0.05) is 31.7 Å². The SMILES string of the molecule is CCCCN(CCCC)C(=O)c1ccc2nc(NCc3ccc(S(N)=O)cc3)n(CCCN3CCCCC3)c2c1. The van der Waals surface area contributed by atoms with E-state index in [2.05, 4.69) is 28.6 Å². The van der Waals surface area contributed by atoms with Crippen LogP contribution >= 0.6 is 0 Å². The molecule has 1 aromatic heterocycles. The molecule has 1 aliphatic rings. The molecule has 1 unspecified atom stereocenters. The maximum absolute atomic E-state index is 13.6. The third kappa shape index (κ3) is 8.15. The number of unbranched alkanes of at least 4 members (excludes halogenated alkanes) is 2. The van der Waals surface area contributed by atoms with Gasteiger partial charge < -0.3 is 19.7 Å². The highest BCUT2D eigenvalue weighted by Gasteiger charge is 2.19. The molecule has 3 N–H and O–H groups in total. The summed E-state index contributed by atoms with van der Waals surface area (Å²) in [6, 6.07) is 13.4. The number of nitrogens with one attached hydrogen (secondary N) is 1. The number of rotatable bonds is 15. The van der Waals surface area contributed by atoms with Crippen LogP contribution in [0.15, 0.2) is 47.4 Å². The predicted molar refractivity (Wildman–Crippen MR) is 165 cm³/mol. The Morgan fingerprint density at radius 1 is 0.975 bits per heavy atom. The summed E-state index contributed by atoms with van der Waals surface area (Å²) in [7, 11) is -1.48. The van der Waals surface area contributed by atoms with Gasteiger partial charge in [-0.05, 0) is 87.6 Å². The topological polar surface area (TPSA) is 96.5 Å². The van der Waals surface area contributed by atoms with E-state index in [1.807, 2.05) is 35.2 Å². The molecule has 218 valence electrons. The van der Waals surface area contributed by atoms with E-state index in [0.29, 0.717) is 11.4 Å². The van der Waals surface area contributed by atoms with Crippen molar-refractivity contribution in [2.75, 3.05) is 38.0 Å². The molecule has 8 nitrogen and oxygen atoms in total. The summed E-state index contributed by atoms with van der Waals surface area (Å²) in [5.74, 6) is 0.912. The third-order valence-electron chi connectivity index (χ3n) is 7.76. The van der Waals surface area contributed by atoms with Crippen molar-refractivity contribution in [3.8, 4) is 0 Å². The van der Waals surface area contributed by atoms with Crippen molar-refractivity contribution in [3.05, 3.63) is 53.6 Å². The molecule has 0 saturated carbocycles. The second kappa shape index (κ2) is 15.3. The largest absolute Gasteiger partial charge is 0.352 e. The standard InChI is InChI=1S/C31H46N6O2S/c1-3-5-20-36(21-6-4-2)30(38)26-13-16-28-29(23-26)37(22-10-19-35-17-8-7-9-18-35)31(34-28)33-24-25-11-14-27(15-12-25)40(32)39/h11-16,23H,3-10,17-22,24,32H2,1-2H3,(H,33,34). The number of imidazole rings is 1. The number of hydrogen-bond acceptors (Lipinski definition) is 5. The molecule has 1 saturated heterocycles. The van der Waals surface area contributed by atoms with E-state index in [0.717, 1.165) is 86.4 Å². The van der Waals surface area contributed by atoms with E-state index < -0.39 is 11.0 Å². The monoisotopic (exact) mass is 566 g/mol. The molecule has 3 aromatic rings. The minimum atomic E-state index is -1.48. The molecule has 2 aromatic carbocycles. The lowest BCUT2D eigenvalue weighted by Crippen LogP contribution is -2.33. The van der Waals surface area contributed by atoms with E-state index in [1.165, 1.54) is 32.4 Å². The van der Waals surface area contributed by atoms with Crippen molar-refractivity contribution in [2.45, 2.75) is 83.2 Å². The fourth-order valence-corrected chi connectivity index (χ4v) is 5.77. The molecule has 1 amide bonds. The van der Waals surface area contributed by atoms with Crippen molar-refractivity contribution in [2.24, 2.45) is 5.14 Å². The Morgan fingerprint density at radius 2 is 1.68 bits per heavy atom. The second-order valence-electron chi connectivity index (χ2n) is 10.8.